The number of carboxylic acid groups (broad SMARTS) is 1. The quantitative estimate of drug-likeness (QED) is 0.333. The third kappa shape index (κ3) is 6.13. The van der Waals surface area contributed by atoms with Crippen LogP contribution in [0, 0.1) is 5.92 Å². The molecule has 0 unspecified atom stereocenters. The predicted molar refractivity (Wildman–Crippen MR) is 136 cm³/mol. The van der Waals surface area contributed by atoms with Gasteiger partial charge < -0.3 is 19.9 Å². The number of nitrogens with zero attached hydrogens (tertiary/aromatic N) is 5. The second-order valence-electron chi connectivity index (χ2n) is 9.43. The van der Waals surface area contributed by atoms with Gasteiger partial charge in [-0.05, 0) is 64.0 Å². The average Bonchev–Trinajstić information content (AvgIpc) is 3.54. The van der Waals surface area contributed by atoms with Gasteiger partial charge in [-0.15, -0.1) is 0 Å². The van der Waals surface area contributed by atoms with E-state index in [0.29, 0.717) is 18.2 Å². The summed E-state index contributed by atoms with van der Waals surface area (Å²) >= 11 is 0. The Bertz CT molecular complexity index is 1430. The molecule has 0 aliphatic heterocycles. The first-order chi connectivity index (χ1) is 18.1. The highest BCUT2D eigenvalue weighted by Gasteiger charge is 2.38. The number of carbonyl (C=O) groups is 2. The molecule has 3 heterocycles. The van der Waals surface area contributed by atoms with Crippen LogP contribution in [0.5, 0.6) is 0 Å². The van der Waals surface area contributed by atoms with Crippen molar-refractivity contribution in [2.75, 3.05) is 27.2 Å². The summed E-state index contributed by atoms with van der Waals surface area (Å²) in [4.78, 5) is 33.2. The Morgan fingerprint density at radius 3 is 2.37 bits per heavy atom. The van der Waals surface area contributed by atoms with Crippen molar-refractivity contribution in [3.63, 3.8) is 0 Å². The van der Waals surface area contributed by atoms with Crippen molar-refractivity contribution in [3.05, 3.63) is 54.5 Å². The number of para-hydroxylation sites is 1. The van der Waals surface area contributed by atoms with Crippen LogP contribution in [0.25, 0.3) is 27.9 Å². The number of alkyl halides is 3. The lowest BCUT2D eigenvalue weighted by molar-refractivity contribution is -0.192. The molecule has 1 fully saturated rings. The molecule has 1 aliphatic carbocycles. The summed E-state index contributed by atoms with van der Waals surface area (Å²) in [5.41, 5.74) is 3.85. The lowest BCUT2D eigenvalue weighted by Crippen LogP contribution is -2.28. The summed E-state index contributed by atoms with van der Waals surface area (Å²) < 4.78 is 36.0. The van der Waals surface area contributed by atoms with Gasteiger partial charge in [0.1, 0.15) is 5.69 Å². The minimum Gasteiger partial charge on any atom is -0.475 e. The van der Waals surface area contributed by atoms with E-state index in [1.807, 2.05) is 30.8 Å². The van der Waals surface area contributed by atoms with Gasteiger partial charge in [0.25, 0.3) is 5.91 Å². The van der Waals surface area contributed by atoms with Gasteiger partial charge in [0, 0.05) is 30.9 Å². The van der Waals surface area contributed by atoms with Crippen LogP contribution in [0.3, 0.4) is 0 Å². The molecule has 1 aliphatic rings. The monoisotopic (exact) mass is 530 g/mol. The summed E-state index contributed by atoms with van der Waals surface area (Å²) in [5, 5.41) is 11.3. The predicted octanol–water partition coefficient (Wildman–Crippen LogP) is 4.10. The average molecular weight is 531 g/mol. The van der Waals surface area contributed by atoms with E-state index in [-0.39, 0.29) is 5.91 Å². The van der Waals surface area contributed by atoms with Crippen LogP contribution in [0.1, 0.15) is 29.8 Å². The topological polar surface area (TPSA) is 105 Å². The number of carboxylic acids is 1. The number of aromatic nitrogens is 4. The van der Waals surface area contributed by atoms with Crippen LogP contribution in [-0.2, 0) is 11.3 Å². The number of carbonyl (C=O) groups excluding carboxylic acids is 1. The van der Waals surface area contributed by atoms with E-state index >= 15 is 0 Å². The molecule has 5 rings (SSSR count). The Morgan fingerprint density at radius 1 is 1.11 bits per heavy atom. The van der Waals surface area contributed by atoms with Gasteiger partial charge >= 0.3 is 12.1 Å². The SMILES string of the molecule is CN(C)CCCNC(=O)c1cc2c(c3ccccc3n2CC2CC2)n1-c1ncccn1.O=C(O)C(F)(F)F. The third-order valence-electron chi connectivity index (χ3n) is 6.15. The van der Waals surface area contributed by atoms with Crippen molar-refractivity contribution in [3.8, 4) is 5.95 Å². The minimum absolute atomic E-state index is 0.0931. The Morgan fingerprint density at radius 2 is 1.76 bits per heavy atom. The number of rotatable bonds is 8. The molecule has 9 nitrogen and oxygen atoms in total. The zero-order chi connectivity index (χ0) is 27.4. The van der Waals surface area contributed by atoms with Crippen molar-refractivity contribution in [2.45, 2.75) is 32.0 Å². The zero-order valence-electron chi connectivity index (χ0n) is 21.1. The molecule has 0 bridgehead atoms. The number of amides is 1. The maximum Gasteiger partial charge on any atom is 0.490 e. The van der Waals surface area contributed by atoms with Crippen LogP contribution in [0.2, 0.25) is 0 Å². The summed E-state index contributed by atoms with van der Waals surface area (Å²) in [6, 6.07) is 12.2. The molecular formula is C26H29F3N6O3. The van der Waals surface area contributed by atoms with Gasteiger partial charge in [-0.25, -0.2) is 14.8 Å². The van der Waals surface area contributed by atoms with Crippen molar-refractivity contribution in [1.29, 1.82) is 0 Å². The minimum atomic E-state index is -5.08. The van der Waals surface area contributed by atoms with Crippen LogP contribution in [0.4, 0.5) is 13.2 Å². The Kier molecular flexibility index (Phi) is 8.00. The zero-order valence-corrected chi connectivity index (χ0v) is 21.1. The molecule has 12 heteroatoms. The molecule has 2 N–H and O–H groups in total. The highest BCUT2D eigenvalue weighted by Crippen LogP contribution is 2.37. The summed E-state index contributed by atoms with van der Waals surface area (Å²) in [6.45, 7) is 2.54. The molecular weight excluding hydrogens is 501 g/mol. The molecule has 0 atom stereocenters. The molecule has 38 heavy (non-hydrogen) atoms. The van der Waals surface area contributed by atoms with Crippen molar-refractivity contribution in [1.82, 2.24) is 29.3 Å². The van der Waals surface area contributed by atoms with Crippen molar-refractivity contribution < 1.29 is 27.9 Å². The fourth-order valence-corrected chi connectivity index (χ4v) is 4.23. The fraction of sp³-hybridized carbons (Fsp3) is 0.385. The van der Waals surface area contributed by atoms with Crippen LogP contribution >= 0.6 is 0 Å². The van der Waals surface area contributed by atoms with Crippen LogP contribution < -0.4 is 5.32 Å². The summed E-state index contributed by atoms with van der Waals surface area (Å²) in [5.74, 6) is -1.61. The molecule has 202 valence electrons. The standard InChI is InChI=1S/C24H28N6O.C2HF3O2/c1-28(2)14-6-13-25-23(31)21-15-20-22(30(21)24-26-11-5-12-27-24)18-7-3-4-8-19(18)29(20)16-17-9-10-17;3-2(4,5)1(6)7/h3-5,7-8,11-12,15,17H,6,9-10,13-14,16H2,1-2H3,(H,25,31);(H,6,7). The number of nitrogens with one attached hydrogen (secondary N) is 1. The van der Waals surface area contributed by atoms with Gasteiger partial charge in [0.15, 0.2) is 0 Å². The van der Waals surface area contributed by atoms with Crippen LogP contribution in [-0.4, -0.2) is 74.3 Å². The van der Waals surface area contributed by atoms with E-state index in [0.717, 1.165) is 41.8 Å². The first kappa shape index (κ1) is 27.1. The summed E-state index contributed by atoms with van der Waals surface area (Å²) in [7, 11) is 4.08. The van der Waals surface area contributed by atoms with E-state index in [1.54, 1.807) is 18.5 Å². The Hall–Kier alpha value is -3.93. The molecule has 3 aromatic heterocycles. The molecule has 1 amide bonds. The van der Waals surface area contributed by atoms with E-state index in [2.05, 4.69) is 43.0 Å². The number of fused-ring (bicyclic) bond motifs is 3. The molecule has 4 aromatic rings. The molecule has 0 saturated heterocycles. The maximum atomic E-state index is 13.2. The lowest BCUT2D eigenvalue weighted by Gasteiger charge is -2.11. The molecule has 0 spiro atoms. The van der Waals surface area contributed by atoms with Gasteiger partial charge in [0.2, 0.25) is 5.95 Å². The second-order valence-corrected chi connectivity index (χ2v) is 9.43. The summed E-state index contributed by atoms with van der Waals surface area (Å²) in [6.07, 6.45) is 1.80. The van der Waals surface area contributed by atoms with E-state index in [9.17, 15) is 18.0 Å². The normalized spacial score (nSPS) is 13.5. The first-order valence-electron chi connectivity index (χ1n) is 12.2. The van der Waals surface area contributed by atoms with Crippen molar-refractivity contribution in [2.24, 2.45) is 5.92 Å². The highest BCUT2D eigenvalue weighted by atomic mass is 19.4. The van der Waals surface area contributed by atoms with Gasteiger partial charge in [-0.1, -0.05) is 18.2 Å². The smallest absolute Gasteiger partial charge is 0.475 e. The second kappa shape index (κ2) is 11.2. The largest absolute Gasteiger partial charge is 0.490 e. The number of benzene rings is 1. The lowest BCUT2D eigenvalue weighted by atomic mass is 10.2. The number of hydrogen-bond donors (Lipinski definition) is 2. The fourth-order valence-electron chi connectivity index (χ4n) is 4.23. The first-order valence-corrected chi connectivity index (χ1v) is 12.2. The molecule has 1 aromatic carbocycles. The molecule has 1 saturated carbocycles. The van der Waals surface area contributed by atoms with Crippen LogP contribution in [0.15, 0.2) is 48.8 Å². The van der Waals surface area contributed by atoms with E-state index in [4.69, 9.17) is 9.90 Å². The van der Waals surface area contributed by atoms with Crippen molar-refractivity contribution >= 4 is 33.8 Å². The van der Waals surface area contributed by atoms with E-state index < -0.39 is 12.1 Å². The Balaban J connectivity index is 0.000000426. The number of hydrogen-bond acceptors (Lipinski definition) is 5. The van der Waals surface area contributed by atoms with Gasteiger partial charge in [-0.3, -0.25) is 9.36 Å². The molecule has 0 radical (unpaired) electrons. The maximum absolute atomic E-state index is 13.2. The Labute approximate surface area is 216 Å². The van der Waals surface area contributed by atoms with Gasteiger partial charge in [-0.2, -0.15) is 13.2 Å². The third-order valence-corrected chi connectivity index (χ3v) is 6.15. The van der Waals surface area contributed by atoms with Gasteiger partial charge in [0.05, 0.1) is 16.6 Å². The highest BCUT2D eigenvalue weighted by molar-refractivity contribution is 6.11. The van der Waals surface area contributed by atoms with E-state index in [1.165, 1.54) is 18.4 Å². The number of aliphatic carboxylic acids is 1. The number of halogens is 3.